The van der Waals surface area contributed by atoms with Crippen LogP contribution in [-0.2, 0) is 23.9 Å². The lowest BCUT2D eigenvalue weighted by Gasteiger charge is -2.30. The summed E-state index contributed by atoms with van der Waals surface area (Å²) in [5, 5.41) is 7.24. The highest BCUT2D eigenvalue weighted by Gasteiger charge is 2.35. The van der Waals surface area contributed by atoms with E-state index >= 15 is 0 Å². The van der Waals surface area contributed by atoms with Gasteiger partial charge in [0.2, 0.25) is 0 Å². The number of alkyl halides is 3. The topological polar surface area (TPSA) is 73.2 Å². The molecule has 0 unspecified atom stereocenters. The van der Waals surface area contributed by atoms with Gasteiger partial charge in [-0.2, -0.15) is 18.3 Å². The van der Waals surface area contributed by atoms with Crippen molar-refractivity contribution in [2.45, 2.75) is 57.0 Å². The number of halogens is 3. The Morgan fingerprint density at radius 3 is 2.63 bits per heavy atom. The fourth-order valence-corrected chi connectivity index (χ4v) is 4.15. The third-order valence-corrected chi connectivity index (χ3v) is 5.72. The third-order valence-electron chi connectivity index (χ3n) is 5.72. The zero-order chi connectivity index (χ0) is 21.3. The molecule has 4 rings (SSSR count). The summed E-state index contributed by atoms with van der Waals surface area (Å²) in [5.41, 5.74) is 0.213. The molecule has 1 N–H and O–H groups in total. The Morgan fingerprint density at radius 1 is 1.17 bits per heavy atom. The Morgan fingerprint density at radius 2 is 1.90 bits per heavy atom. The van der Waals surface area contributed by atoms with Crippen LogP contribution in [0.4, 0.5) is 13.2 Å². The SMILES string of the molecule is O=C(NC1CCC(n2nc3c(cc2=O)COCC3)CC1)c1ccccc1C(F)(F)F. The van der Waals surface area contributed by atoms with Gasteiger partial charge in [-0.3, -0.25) is 9.59 Å². The average Bonchev–Trinajstić information content (AvgIpc) is 2.73. The summed E-state index contributed by atoms with van der Waals surface area (Å²) >= 11 is 0. The van der Waals surface area contributed by atoms with E-state index in [-0.39, 0.29) is 23.2 Å². The van der Waals surface area contributed by atoms with E-state index in [1.165, 1.54) is 22.9 Å². The molecule has 1 saturated carbocycles. The van der Waals surface area contributed by atoms with Crippen LogP contribution in [0, 0.1) is 0 Å². The molecule has 0 saturated heterocycles. The smallest absolute Gasteiger partial charge is 0.376 e. The number of aromatic nitrogens is 2. The van der Waals surface area contributed by atoms with Crippen LogP contribution >= 0.6 is 0 Å². The predicted molar refractivity (Wildman–Crippen MR) is 102 cm³/mol. The molecule has 0 bridgehead atoms. The number of hydrogen-bond donors (Lipinski definition) is 1. The van der Waals surface area contributed by atoms with Crippen LogP contribution in [0.2, 0.25) is 0 Å². The number of carbonyl (C=O) groups is 1. The first-order valence-corrected chi connectivity index (χ1v) is 9.99. The largest absolute Gasteiger partial charge is 0.417 e. The van der Waals surface area contributed by atoms with Crippen LogP contribution in [0.3, 0.4) is 0 Å². The van der Waals surface area contributed by atoms with Crippen molar-refractivity contribution in [3.8, 4) is 0 Å². The van der Waals surface area contributed by atoms with Crippen molar-refractivity contribution >= 4 is 5.91 Å². The molecule has 160 valence electrons. The van der Waals surface area contributed by atoms with Gasteiger partial charge in [-0.1, -0.05) is 12.1 Å². The molecule has 2 heterocycles. The van der Waals surface area contributed by atoms with Crippen molar-refractivity contribution in [3.05, 3.63) is 63.1 Å². The Kier molecular flexibility index (Phi) is 5.64. The summed E-state index contributed by atoms with van der Waals surface area (Å²) < 4.78 is 46.3. The van der Waals surface area contributed by atoms with Gasteiger partial charge in [0.05, 0.1) is 36.1 Å². The summed E-state index contributed by atoms with van der Waals surface area (Å²) in [6.07, 6.45) is -1.55. The zero-order valence-electron chi connectivity index (χ0n) is 16.2. The van der Waals surface area contributed by atoms with Crippen LogP contribution in [0.25, 0.3) is 0 Å². The maximum absolute atomic E-state index is 13.2. The standard InChI is InChI=1S/C21H22F3N3O3/c22-21(23,24)17-4-2-1-3-16(17)20(29)25-14-5-7-15(8-6-14)27-19(28)11-13-12-30-10-9-18(13)26-27/h1-4,11,14-15H,5-10,12H2,(H,25,29). The van der Waals surface area contributed by atoms with E-state index < -0.39 is 17.6 Å². The highest BCUT2D eigenvalue weighted by molar-refractivity contribution is 5.96. The Balaban J connectivity index is 1.41. The fourth-order valence-electron chi connectivity index (χ4n) is 4.15. The van der Waals surface area contributed by atoms with E-state index in [1.54, 1.807) is 6.07 Å². The average molecular weight is 421 g/mol. The van der Waals surface area contributed by atoms with Crippen molar-refractivity contribution in [1.29, 1.82) is 0 Å². The van der Waals surface area contributed by atoms with Gasteiger partial charge in [0.25, 0.3) is 11.5 Å². The predicted octanol–water partition coefficient (Wildman–Crippen LogP) is 3.25. The minimum Gasteiger partial charge on any atom is -0.376 e. The second-order valence-corrected chi connectivity index (χ2v) is 7.72. The maximum atomic E-state index is 13.2. The first kappa shape index (κ1) is 20.6. The molecule has 2 aromatic rings. The molecule has 30 heavy (non-hydrogen) atoms. The molecule has 9 heteroatoms. The molecule has 0 radical (unpaired) electrons. The Bertz CT molecular complexity index is 995. The summed E-state index contributed by atoms with van der Waals surface area (Å²) in [6, 6.07) is 6.03. The van der Waals surface area contributed by atoms with Crippen LogP contribution in [-0.4, -0.2) is 28.3 Å². The maximum Gasteiger partial charge on any atom is 0.417 e. The minimum atomic E-state index is -4.59. The lowest BCUT2D eigenvalue weighted by atomic mass is 9.90. The lowest BCUT2D eigenvalue weighted by molar-refractivity contribution is -0.137. The first-order chi connectivity index (χ1) is 14.3. The van der Waals surface area contributed by atoms with Crippen molar-refractivity contribution in [3.63, 3.8) is 0 Å². The quantitative estimate of drug-likeness (QED) is 0.826. The molecule has 1 fully saturated rings. The summed E-state index contributed by atoms with van der Waals surface area (Å²) in [4.78, 5) is 24.9. The fraction of sp³-hybridized carbons (Fsp3) is 0.476. The highest BCUT2D eigenvalue weighted by atomic mass is 19.4. The second kappa shape index (κ2) is 8.22. The van der Waals surface area contributed by atoms with Crippen molar-refractivity contribution in [1.82, 2.24) is 15.1 Å². The molecule has 1 aliphatic heterocycles. The minimum absolute atomic E-state index is 0.0822. The molecular formula is C21H22F3N3O3. The number of carbonyl (C=O) groups excluding carboxylic acids is 1. The molecule has 0 spiro atoms. The molecule has 6 nitrogen and oxygen atoms in total. The molecule has 0 atom stereocenters. The summed E-state index contributed by atoms with van der Waals surface area (Å²) in [6.45, 7) is 0.979. The van der Waals surface area contributed by atoms with Gasteiger partial charge in [-0.15, -0.1) is 0 Å². The van der Waals surface area contributed by atoms with E-state index in [0.717, 1.165) is 17.3 Å². The number of hydrogen-bond acceptors (Lipinski definition) is 4. The normalized spacial score (nSPS) is 21.7. The van der Waals surface area contributed by atoms with E-state index in [9.17, 15) is 22.8 Å². The molecule has 1 amide bonds. The number of ether oxygens (including phenoxy) is 1. The van der Waals surface area contributed by atoms with Gasteiger partial charge in [-0.25, -0.2) is 4.68 Å². The highest BCUT2D eigenvalue weighted by Crippen LogP contribution is 2.32. The monoisotopic (exact) mass is 421 g/mol. The van der Waals surface area contributed by atoms with Gasteiger partial charge in [-0.05, 0) is 37.8 Å². The summed E-state index contributed by atoms with van der Waals surface area (Å²) in [7, 11) is 0. The van der Waals surface area contributed by atoms with Gasteiger partial charge < -0.3 is 10.1 Å². The van der Waals surface area contributed by atoms with E-state index in [4.69, 9.17) is 4.74 Å². The molecule has 1 aliphatic carbocycles. The molecular weight excluding hydrogens is 399 g/mol. The number of fused-ring (bicyclic) bond motifs is 1. The van der Waals surface area contributed by atoms with Crippen LogP contribution in [0.1, 0.15) is 58.9 Å². The summed E-state index contributed by atoms with van der Waals surface area (Å²) in [5.74, 6) is -0.726. The van der Waals surface area contributed by atoms with E-state index in [0.29, 0.717) is 45.3 Å². The number of nitrogens with zero attached hydrogens (tertiary/aromatic N) is 2. The van der Waals surface area contributed by atoms with E-state index in [1.807, 2.05) is 0 Å². The van der Waals surface area contributed by atoms with Crippen LogP contribution < -0.4 is 10.9 Å². The molecule has 1 aromatic carbocycles. The lowest BCUT2D eigenvalue weighted by Crippen LogP contribution is -2.40. The van der Waals surface area contributed by atoms with E-state index in [2.05, 4.69) is 10.4 Å². The second-order valence-electron chi connectivity index (χ2n) is 7.72. The molecule has 1 aromatic heterocycles. The number of amides is 1. The van der Waals surface area contributed by atoms with Gasteiger partial charge in [0, 0.05) is 24.1 Å². The number of nitrogens with one attached hydrogen (secondary N) is 1. The number of benzene rings is 1. The Labute approximate surface area is 171 Å². The van der Waals surface area contributed by atoms with Crippen molar-refractivity contribution in [2.24, 2.45) is 0 Å². The van der Waals surface area contributed by atoms with Gasteiger partial charge >= 0.3 is 6.18 Å². The van der Waals surface area contributed by atoms with Crippen LogP contribution in [0.5, 0.6) is 0 Å². The van der Waals surface area contributed by atoms with Gasteiger partial charge in [0.1, 0.15) is 0 Å². The van der Waals surface area contributed by atoms with Gasteiger partial charge in [0.15, 0.2) is 0 Å². The van der Waals surface area contributed by atoms with Crippen molar-refractivity contribution < 1.29 is 22.7 Å². The first-order valence-electron chi connectivity index (χ1n) is 9.99. The van der Waals surface area contributed by atoms with Crippen molar-refractivity contribution in [2.75, 3.05) is 6.61 Å². The number of rotatable bonds is 3. The van der Waals surface area contributed by atoms with Crippen LogP contribution in [0.15, 0.2) is 35.1 Å². The molecule has 2 aliphatic rings. The third kappa shape index (κ3) is 4.26. The Hall–Kier alpha value is -2.68. The zero-order valence-corrected chi connectivity index (χ0v) is 16.2.